The van der Waals surface area contributed by atoms with Gasteiger partial charge in [0.15, 0.2) is 11.9 Å². The molecule has 0 saturated heterocycles. The normalized spacial score (nSPS) is 16.0. The molecular formula is C22H22N2O6. The molecular weight excluding hydrogens is 388 g/mol. The van der Waals surface area contributed by atoms with E-state index in [0.29, 0.717) is 22.7 Å². The van der Waals surface area contributed by atoms with Crippen LogP contribution in [-0.2, 0) is 19.1 Å². The second-order valence-corrected chi connectivity index (χ2v) is 6.87. The van der Waals surface area contributed by atoms with E-state index in [2.05, 4.69) is 5.32 Å². The van der Waals surface area contributed by atoms with E-state index in [1.807, 2.05) is 0 Å². The van der Waals surface area contributed by atoms with Crippen molar-refractivity contribution in [3.05, 3.63) is 54.1 Å². The number of ketones is 1. The topological polar surface area (TPSA) is 102 Å². The molecule has 1 N–H and O–H groups in total. The summed E-state index contributed by atoms with van der Waals surface area (Å²) in [5, 5.41) is 2.60. The van der Waals surface area contributed by atoms with Crippen molar-refractivity contribution in [3.63, 3.8) is 0 Å². The lowest BCUT2D eigenvalue weighted by atomic mass is 10.1. The van der Waals surface area contributed by atoms with Crippen LogP contribution in [0.2, 0.25) is 0 Å². The number of Topliss-reactive ketones (excluding diaryl/α,β-unsaturated/α-hetero) is 1. The standard InChI is InChI=1S/C22H22N2O6/c1-13(25)16-8-4-5-9-17(16)23-21(27)14(2)29-22(28)20-12-24(15(3)26)18-10-6-7-11-19(18)30-20/h4-11,14,20H,12H2,1-3H3,(H,23,27)/t14-,20-/m1/s1. The number of amides is 2. The van der Waals surface area contributed by atoms with Crippen molar-refractivity contribution in [2.45, 2.75) is 33.0 Å². The summed E-state index contributed by atoms with van der Waals surface area (Å²) in [6, 6.07) is 13.4. The van der Waals surface area contributed by atoms with Crippen molar-refractivity contribution >= 4 is 34.9 Å². The summed E-state index contributed by atoms with van der Waals surface area (Å²) in [5.74, 6) is -1.41. The molecule has 3 rings (SSSR count). The van der Waals surface area contributed by atoms with Gasteiger partial charge in [0.2, 0.25) is 12.0 Å². The molecule has 0 aliphatic carbocycles. The molecule has 1 aliphatic rings. The largest absolute Gasteiger partial charge is 0.475 e. The van der Waals surface area contributed by atoms with E-state index in [1.54, 1.807) is 48.5 Å². The Labute approximate surface area is 173 Å². The monoisotopic (exact) mass is 410 g/mol. The number of nitrogens with one attached hydrogen (secondary N) is 1. The summed E-state index contributed by atoms with van der Waals surface area (Å²) in [4.78, 5) is 50.2. The van der Waals surface area contributed by atoms with Crippen LogP contribution in [0.15, 0.2) is 48.5 Å². The van der Waals surface area contributed by atoms with Crippen molar-refractivity contribution in [1.29, 1.82) is 0 Å². The lowest BCUT2D eigenvalue weighted by Gasteiger charge is -2.33. The van der Waals surface area contributed by atoms with Crippen LogP contribution < -0.4 is 15.0 Å². The first-order valence-electron chi connectivity index (χ1n) is 9.43. The number of esters is 1. The van der Waals surface area contributed by atoms with Gasteiger partial charge in [0.25, 0.3) is 5.91 Å². The lowest BCUT2D eigenvalue weighted by Crippen LogP contribution is -2.48. The molecule has 0 saturated carbocycles. The Bertz CT molecular complexity index is 1000. The Kier molecular flexibility index (Phi) is 6.15. The summed E-state index contributed by atoms with van der Waals surface area (Å²) >= 11 is 0. The van der Waals surface area contributed by atoms with Crippen LogP contribution in [0, 0.1) is 0 Å². The van der Waals surface area contributed by atoms with Crippen LogP contribution in [0.1, 0.15) is 31.1 Å². The molecule has 1 aliphatic heterocycles. The Morgan fingerprint density at radius 2 is 1.73 bits per heavy atom. The molecule has 2 amide bonds. The second-order valence-electron chi connectivity index (χ2n) is 6.87. The molecule has 0 fully saturated rings. The molecule has 8 nitrogen and oxygen atoms in total. The molecule has 2 aromatic carbocycles. The predicted octanol–water partition coefficient (Wildman–Crippen LogP) is 2.57. The van der Waals surface area contributed by atoms with Gasteiger partial charge in [-0.3, -0.25) is 14.4 Å². The number of nitrogens with zero attached hydrogens (tertiary/aromatic N) is 1. The first-order valence-corrected chi connectivity index (χ1v) is 9.43. The molecule has 156 valence electrons. The Morgan fingerprint density at radius 1 is 1.07 bits per heavy atom. The van der Waals surface area contributed by atoms with Gasteiger partial charge in [-0.05, 0) is 38.1 Å². The summed E-state index contributed by atoms with van der Waals surface area (Å²) in [6.45, 7) is 4.19. The maximum absolute atomic E-state index is 12.6. The molecule has 1 heterocycles. The number of para-hydroxylation sites is 3. The van der Waals surface area contributed by atoms with Crippen LogP contribution in [0.3, 0.4) is 0 Å². The van der Waals surface area contributed by atoms with E-state index < -0.39 is 24.1 Å². The summed E-state index contributed by atoms with van der Waals surface area (Å²) in [6.07, 6.45) is -2.20. The van der Waals surface area contributed by atoms with Crippen molar-refractivity contribution < 1.29 is 28.7 Å². The Balaban J connectivity index is 1.68. The molecule has 30 heavy (non-hydrogen) atoms. The van der Waals surface area contributed by atoms with Gasteiger partial charge in [0, 0.05) is 12.5 Å². The third-order valence-electron chi connectivity index (χ3n) is 4.64. The fourth-order valence-electron chi connectivity index (χ4n) is 3.09. The first kappa shape index (κ1) is 21.0. The van der Waals surface area contributed by atoms with Gasteiger partial charge in [0.05, 0.1) is 17.9 Å². The fourth-order valence-corrected chi connectivity index (χ4v) is 3.09. The molecule has 2 aromatic rings. The quantitative estimate of drug-likeness (QED) is 0.600. The van der Waals surface area contributed by atoms with Crippen LogP contribution >= 0.6 is 0 Å². The van der Waals surface area contributed by atoms with Gasteiger partial charge in [-0.1, -0.05) is 24.3 Å². The molecule has 0 spiro atoms. The smallest absolute Gasteiger partial charge is 0.350 e. The first-order chi connectivity index (χ1) is 14.3. The van der Waals surface area contributed by atoms with E-state index >= 15 is 0 Å². The van der Waals surface area contributed by atoms with Gasteiger partial charge < -0.3 is 19.7 Å². The van der Waals surface area contributed by atoms with Crippen molar-refractivity contribution in [3.8, 4) is 5.75 Å². The lowest BCUT2D eigenvalue weighted by molar-refractivity contribution is -0.160. The van der Waals surface area contributed by atoms with Crippen molar-refractivity contribution in [1.82, 2.24) is 0 Å². The van der Waals surface area contributed by atoms with Gasteiger partial charge in [-0.2, -0.15) is 0 Å². The number of carbonyl (C=O) groups excluding carboxylic acids is 4. The molecule has 0 unspecified atom stereocenters. The highest BCUT2D eigenvalue weighted by Gasteiger charge is 2.35. The predicted molar refractivity (Wildman–Crippen MR) is 110 cm³/mol. The van der Waals surface area contributed by atoms with Gasteiger partial charge >= 0.3 is 5.97 Å². The number of hydrogen-bond acceptors (Lipinski definition) is 6. The van der Waals surface area contributed by atoms with Crippen LogP contribution in [-0.4, -0.2) is 42.3 Å². The molecule has 8 heteroatoms. The SMILES string of the molecule is CC(=O)c1ccccc1NC(=O)[C@@H](C)OC(=O)[C@H]1CN(C(C)=O)c2ccccc2O1. The van der Waals surface area contributed by atoms with Crippen LogP contribution in [0.5, 0.6) is 5.75 Å². The number of anilines is 2. The van der Waals surface area contributed by atoms with Gasteiger partial charge in [-0.25, -0.2) is 4.79 Å². The second kappa shape index (κ2) is 8.77. The minimum Gasteiger partial charge on any atom is -0.475 e. The average molecular weight is 410 g/mol. The zero-order valence-electron chi connectivity index (χ0n) is 16.9. The molecule has 0 bridgehead atoms. The average Bonchev–Trinajstić information content (AvgIpc) is 2.72. The van der Waals surface area contributed by atoms with Crippen LogP contribution in [0.4, 0.5) is 11.4 Å². The molecule has 0 aromatic heterocycles. The minimum atomic E-state index is -1.14. The third kappa shape index (κ3) is 4.48. The van der Waals surface area contributed by atoms with Crippen molar-refractivity contribution in [2.75, 3.05) is 16.8 Å². The number of rotatable bonds is 5. The zero-order valence-corrected chi connectivity index (χ0v) is 16.9. The van der Waals surface area contributed by atoms with E-state index in [1.165, 1.54) is 25.7 Å². The van der Waals surface area contributed by atoms with Gasteiger partial charge in [-0.15, -0.1) is 0 Å². The van der Waals surface area contributed by atoms with E-state index in [4.69, 9.17) is 9.47 Å². The Morgan fingerprint density at radius 3 is 2.43 bits per heavy atom. The van der Waals surface area contributed by atoms with E-state index in [-0.39, 0.29) is 18.2 Å². The minimum absolute atomic E-state index is 0.0211. The Hall–Kier alpha value is -3.68. The van der Waals surface area contributed by atoms with Gasteiger partial charge in [0.1, 0.15) is 5.75 Å². The van der Waals surface area contributed by atoms with E-state index in [9.17, 15) is 19.2 Å². The number of hydrogen-bond donors (Lipinski definition) is 1. The number of fused-ring (bicyclic) bond motifs is 1. The maximum atomic E-state index is 12.6. The molecule has 2 atom stereocenters. The number of benzene rings is 2. The maximum Gasteiger partial charge on any atom is 0.350 e. The van der Waals surface area contributed by atoms with E-state index in [0.717, 1.165) is 0 Å². The zero-order chi connectivity index (χ0) is 21.8. The number of ether oxygens (including phenoxy) is 2. The fraction of sp³-hybridized carbons (Fsp3) is 0.273. The summed E-state index contributed by atoms with van der Waals surface area (Å²) in [7, 11) is 0. The summed E-state index contributed by atoms with van der Waals surface area (Å²) in [5.41, 5.74) is 1.26. The summed E-state index contributed by atoms with van der Waals surface area (Å²) < 4.78 is 10.9. The van der Waals surface area contributed by atoms with Crippen molar-refractivity contribution in [2.24, 2.45) is 0 Å². The third-order valence-corrected chi connectivity index (χ3v) is 4.64. The highest BCUT2D eigenvalue weighted by Crippen LogP contribution is 2.33. The highest BCUT2D eigenvalue weighted by molar-refractivity contribution is 6.05. The number of carbonyl (C=O) groups is 4. The molecule has 0 radical (unpaired) electrons. The highest BCUT2D eigenvalue weighted by atomic mass is 16.6. The van der Waals surface area contributed by atoms with Crippen LogP contribution in [0.25, 0.3) is 0 Å².